The first-order valence-electron chi connectivity index (χ1n) is 5.42. The van der Waals surface area contributed by atoms with Crippen molar-refractivity contribution in [3.63, 3.8) is 0 Å². The summed E-state index contributed by atoms with van der Waals surface area (Å²) in [5.74, 6) is -0.777. The highest BCUT2D eigenvalue weighted by atomic mass is 35.5. The van der Waals surface area contributed by atoms with Crippen molar-refractivity contribution in [3.05, 3.63) is 28.8 Å². The number of nitrogens with two attached hydrogens (primary N) is 2. The highest BCUT2D eigenvalue weighted by Crippen LogP contribution is 2.21. The van der Waals surface area contributed by atoms with Crippen LogP contribution in [0.4, 0.5) is 0 Å². The zero-order chi connectivity index (χ0) is 14.8. The maximum Gasteiger partial charge on any atom is 0.241 e. The first-order valence-corrected chi connectivity index (χ1v) is 7.28. The van der Waals surface area contributed by atoms with Crippen LogP contribution in [0.15, 0.2) is 23.1 Å². The van der Waals surface area contributed by atoms with E-state index < -0.39 is 21.5 Å². The maximum atomic E-state index is 12.1. The van der Waals surface area contributed by atoms with E-state index in [1.807, 2.05) is 0 Å². The molecule has 0 heterocycles. The van der Waals surface area contributed by atoms with Gasteiger partial charge in [0.1, 0.15) is 5.54 Å². The Hall–Kier alpha value is -1.15. The summed E-state index contributed by atoms with van der Waals surface area (Å²) in [7, 11) is -3.89. The molecule has 19 heavy (non-hydrogen) atoms. The largest absolute Gasteiger partial charge is 0.368 e. The maximum absolute atomic E-state index is 12.1. The van der Waals surface area contributed by atoms with Crippen LogP contribution in [0.1, 0.15) is 19.4 Å². The molecule has 0 saturated carbocycles. The Balaban J connectivity index is 3.15. The van der Waals surface area contributed by atoms with Gasteiger partial charge in [0, 0.05) is 11.6 Å². The number of benzene rings is 1. The number of sulfonamides is 1. The number of halogens is 1. The van der Waals surface area contributed by atoms with Gasteiger partial charge in [-0.05, 0) is 31.5 Å². The number of hydrogen-bond acceptors (Lipinski definition) is 4. The van der Waals surface area contributed by atoms with Gasteiger partial charge in [0.25, 0.3) is 0 Å². The molecule has 0 unspecified atom stereocenters. The van der Waals surface area contributed by atoms with Crippen LogP contribution in [0.2, 0.25) is 5.02 Å². The summed E-state index contributed by atoms with van der Waals surface area (Å²) in [6.45, 7) is 2.96. The van der Waals surface area contributed by atoms with Gasteiger partial charge in [-0.25, -0.2) is 8.42 Å². The topological polar surface area (TPSA) is 115 Å². The Bertz CT molecular complexity index is 599. The van der Waals surface area contributed by atoms with Crippen LogP contribution in [0.25, 0.3) is 0 Å². The van der Waals surface area contributed by atoms with E-state index in [0.717, 1.165) is 0 Å². The summed E-state index contributed by atoms with van der Waals surface area (Å²) < 4.78 is 26.4. The summed E-state index contributed by atoms with van der Waals surface area (Å²) in [6.07, 6.45) is 0. The van der Waals surface area contributed by atoms with Gasteiger partial charge in [0.2, 0.25) is 15.9 Å². The molecule has 0 fully saturated rings. The van der Waals surface area contributed by atoms with E-state index in [2.05, 4.69) is 4.72 Å². The predicted octanol–water partition coefficient (Wildman–Crippen LogP) is 0.341. The second-order valence-corrected chi connectivity index (χ2v) is 6.64. The standard InChI is InChI=1S/C11H16ClN3O3S/c1-11(2,10(14)16)15-19(17,18)8-4-3-7(6-13)9(12)5-8/h3-5,15H,6,13H2,1-2H3,(H2,14,16). The van der Waals surface area contributed by atoms with Crippen molar-refractivity contribution < 1.29 is 13.2 Å². The number of amides is 1. The molecule has 106 valence electrons. The lowest BCUT2D eigenvalue weighted by molar-refractivity contribution is -0.122. The van der Waals surface area contributed by atoms with Crippen LogP contribution in [-0.4, -0.2) is 19.9 Å². The van der Waals surface area contributed by atoms with E-state index in [1.54, 1.807) is 0 Å². The Labute approximate surface area is 117 Å². The van der Waals surface area contributed by atoms with Crippen LogP contribution in [-0.2, 0) is 21.4 Å². The predicted molar refractivity (Wildman–Crippen MR) is 72.9 cm³/mol. The van der Waals surface area contributed by atoms with E-state index in [-0.39, 0.29) is 16.5 Å². The van der Waals surface area contributed by atoms with Crippen molar-refractivity contribution in [2.24, 2.45) is 11.5 Å². The smallest absolute Gasteiger partial charge is 0.241 e. The first kappa shape index (κ1) is 15.9. The molecule has 0 aliphatic heterocycles. The average Bonchev–Trinajstić information content (AvgIpc) is 2.27. The van der Waals surface area contributed by atoms with Crippen molar-refractivity contribution in [1.82, 2.24) is 4.72 Å². The molecule has 0 aliphatic carbocycles. The van der Waals surface area contributed by atoms with E-state index >= 15 is 0 Å². The molecule has 1 rings (SSSR count). The summed E-state index contributed by atoms with van der Waals surface area (Å²) >= 11 is 5.91. The van der Waals surface area contributed by atoms with E-state index in [0.29, 0.717) is 5.56 Å². The lowest BCUT2D eigenvalue weighted by atomic mass is 10.1. The number of primary amides is 1. The van der Waals surface area contributed by atoms with E-state index in [4.69, 9.17) is 23.1 Å². The lowest BCUT2D eigenvalue weighted by Crippen LogP contribution is -2.52. The van der Waals surface area contributed by atoms with Crippen LogP contribution in [0.3, 0.4) is 0 Å². The van der Waals surface area contributed by atoms with Crippen molar-refractivity contribution in [2.75, 3.05) is 0 Å². The summed E-state index contributed by atoms with van der Waals surface area (Å²) in [5.41, 5.74) is 9.81. The molecular formula is C11H16ClN3O3S. The van der Waals surface area contributed by atoms with Crippen LogP contribution in [0.5, 0.6) is 0 Å². The normalized spacial score (nSPS) is 12.4. The Morgan fingerprint density at radius 3 is 2.42 bits per heavy atom. The molecular weight excluding hydrogens is 290 g/mol. The molecule has 0 spiro atoms. The highest BCUT2D eigenvalue weighted by molar-refractivity contribution is 7.89. The molecule has 8 heteroatoms. The second-order valence-electron chi connectivity index (χ2n) is 4.55. The number of carbonyl (C=O) groups excluding carboxylic acids is 1. The monoisotopic (exact) mass is 305 g/mol. The fourth-order valence-corrected chi connectivity index (χ4v) is 3.04. The number of rotatable bonds is 5. The molecule has 0 radical (unpaired) electrons. The fraction of sp³-hybridized carbons (Fsp3) is 0.364. The SMILES string of the molecule is CC(C)(NS(=O)(=O)c1ccc(CN)c(Cl)c1)C(N)=O. The van der Waals surface area contributed by atoms with Crippen LogP contribution >= 0.6 is 11.6 Å². The van der Waals surface area contributed by atoms with Crippen molar-refractivity contribution >= 4 is 27.5 Å². The molecule has 0 saturated heterocycles. The number of nitrogens with one attached hydrogen (secondary N) is 1. The quantitative estimate of drug-likeness (QED) is 0.727. The van der Waals surface area contributed by atoms with Crippen LogP contribution < -0.4 is 16.2 Å². The van der Waals surface area contributed by atoms with Gasteiger partial charge in [-0.15, -0.1) is 0 Å². The minimum Gasteiger partial charge on any atom is -0.368 e. The third-order valence-corrected chi connectivity index (χ3v) is 4.57. The molecule has 5 N–H and O–H groups in total. The first-order chi connectivity index (χ1) is 8.60. The summed E-state index contributed by atoms with van der Waals surface area (Å²) in [4.78, 5) is 11.1. The van der Waals surface area contributed by atoms with Gasteiger partial charge in [-0.2, -0.15) is 4.72 Å². The van der Waals surface area contributed by atoms with Crippen molar-refractivity contribution in [1.29, 1.82) is 0 Å². The second kappa shape index (κ2) is 5.46. The minimum atomic E-state index is -3.89. The van der Waals surface area contributed by atoms with Crippen molar-refractivity contribution in [3.8, 4) is 0 Å². The fourth-order valence-electron chi connectivity index (χ4n) is 1.31. The number of hydrogen-bond donors (Lipinski definition) is 3. The summed E-state index contributed by atoms with van der Waals surface area (Å²) in [6, 6.07) is 4.17. The molecule has 0 atom stereocenters. The Kier molecular flexibility index (Phi) is 4.57. The molecule has 1 aromatic rings. The Morgan fingerprint density at radius 1 is 1.42 bits per heavy atom. The van der Waals surface area contributed by atoms with Gasteiger partial charge in [-0.3, -0.25) is 4.79 Å². The highest BCUT2D eigenvalue weighted by Gasteiger charge is 2.31. The van der Waals surface area contributed by atoms with E-state index in [9.17, 15) is 13.2 Å². The van der Waals surface area contributed by atoms with Crippen molar-refractivity contribution in [2.45, 2.75) is 30.8 Å². The van der Waals surface area contributed by atoms with Gasteiger partial charge >= 0.3 is 0 Å². The Morgan fingerprint density at radius 2 is 2.00 bits per heavy atom. The molecule has 0 aromatic heterocycles. The van der Waals surface area contributed by atoms with Gasteiger partial charge < -0.3 is 11.5 Å². The molecule has 1 amide bonds. The minimum absolute atomic E-state index is 0.0518. The van der Waals surface area contributed by atoms with Gasteiger partial charge in [0.15, 0.2) is 0 Å². The third-order valence-electron chi connectivity index (χ3n) is 2.56. The zero-order valence-corrected chi connectivity index (χ0v) is 12.2. The molecule has 0 bridgehead atoms. The zero-order valence-electron chi connectivity index (χ0n) is 10.6. The van der Waals surface area contributed by atoms with Gasteiger partial charge in [0.05, 0.1) is 4.90 Å². The molecule has 0 aliphatic rings. The summed E-state index contributed by atoms with van der Waals surface area (Å²) in [5, 5.41) is 0.252. The van der Waals surface area contributed by atoms with E-state index in [1.165, 1.54) is 32.0 Å². The molecule has 1 aromatic carbocycles. The lowest BCUT2D eigenvalue weighted by Gasteiger charge is -2.22. The number of carbonyl (C=O) groups is 1. The van der Waals surface area contributed by atoms with Crippen LogP contribution in [0, 0.1) is 0 Å². The third kappa shape index (κ3) is 3.66. The van der Waals surface area contributed by atoms with Gasteiger partial charge in [-0.1, -0.05) is 17.7 Å². The average molecular weight is 306 g/mol. The molecule has 6 nitrogen and oxygen atoms in total.